The predicted molar refractivity (Wildman–Crippen MR) is 61.3 cm³/mol. The number of rotatable bonds is 7. The minimum Gasteiger partial charge on any atom is -0.396 e. The highest BCUT2D eigenvalue weighted by molar-refractivity contribution is 5.78. The van der Waals surface area contributed by atoms with Crippen molar-refractivity contribution in [1.29, 1.82) is 0 Å². The van der Waals surface area contributed by atoms with Crippen molar-refractivity contribution < 1.29 is 9.90 Å². The van der Waals surface area contributed by atoms with Crippen LogP contribution in [0.3, 0.4) is 0 Å². The number of aliphatic hydroxyl groups excluding tert-OH is 1. The number of carbonyl (C=O) groups is 1. The average molecular weight is 216 g/mol. The summed E-state index contributed by atoms with van der Waals surface area (Å²) in [5.74, 6) is 0.206. The van der Waals surface area contributed by atoms with Gasteiger partial charge in [-0.05, 0) is 19.3 Å². The highest BCUT2D eigenvalue weighted by atomic mass is 16.3. The maximum absolute atomic E-state index is 11.6. The van der Waals surface area contributed by atoms with Crippen LogP contribution in [0, 0.1) is 11.8 Å². The molecule has 3 atom stereocenters. The van der Waals surface area contributed by atoms with Gasteiger partial charge in [0.25, 0.3) is 0 Å². The Morgan fingerprint density at radius 1 is 1.47 bits per heavy atom. The van der Waals surface area contributed by atoms with Crippen molar-refractivity contribution in [1.82, 2.24) is 5.32 Å². The lowest BCUT2D eigenvalue weighted by Crippen LogP contribution is -2.40. The van der Waals surface area contributed by atoms with Gasteiger partial charge in [0.15, 0.2) is 0 Å². The molecule has 15 heavy (non-hydrogen) atoms. The predicted octanol–water partition coefficient (Wildman–Crippen LogP) is 0.495. The second-order valence-electron chi connectivity index (χ2n) is 4.18. The first-order chi connectivity index (χ1) is 7.02. The van der Waals surface area contributed by atoms with Crippen LogP contribution < -0.4 is 11.1 Å². The molecule has 0 spiro atoms. The molecule has 3 unspecified atom stereocenters. The van der Waals surface area contributed by atoms with Crippen LogP contribution in [0.4, 0.5) is 0 Å². The molecule has 0 aliphatic rings. The zero-order valence-corrected chi connectivity index (χ0v) is 9.99. The first-order valence-electron chi connectivity index (χ1n) is 5.67. The molecule has 0 rings (SSSR count). The molecular weight excluding hydrogens is 192 g/mol. The van der Waals surface area contributed by atoms with Gasteiger partial charge in [0, 0.05) is 25.1 Å². The van der Waals surface area contributed by atoms with E-state index in [4.69, 9.17) is 10.8 Å². The Morgan fingerprint density at radius 3 is 2.47 bits per heavy atom. The van der Waals surface area contributed by atoms with Crippen molar-refractivity contribution in [3.05, 3.63) is 0 Å². The molecule has 0 aliphatic heterocycles. The van der Waals surface area contributed by atoms with E-state index in [-0.39, 0.29) is 24.5 Å². The number of aliphatic hydroxyl groups is 1. The molecule has 4 nitrogen and oxygen atoms in total. The maximum Gasteiger partial charge on any atom is 0.224 e. The van der Waals surface area contributed by atoms with Crippen molar-refractivity contribution >= 4 is 5.91 Å². The Morgan fingerprint density at radius 2 is 2.07 bits per heavy atom. The summed E-state index contributed by atoms with van der Waals surface area (Å²) in [4.78, 5) is 11.6. The molecule has 0 fully saturated rings. The van der Waals surface area contributed by atoms with Crippen LogP contribution in [-0.4, -0.2) is 30.2 Å². The summed E-state index contributed by atoms with van der Waals surface area (Å²) >= 11 is 0. The summed E-state index contributed by atoms with van der Waals surface area (Å²) in [6.07, 6.45) is 1.71. The molecular formula is C11H24N2O2. The molecule has 0 saturated heterocycles. The Balaban J connectivity index is 3.87. The van der Waals surface area contributed by atoms with Crippen molar-refractivity contribution in [3.8, 4) is 0 Å². The van der Waals surface area contributed by atoms with Gasteiger partial charge in [0.05, 0.1) is 0 Å². The zero-order valence-electron chi connectivity index (χ0n) is 9.99. The van der Waals surface area contributed by atoms with E-state index in [1.807, 2.05) is 13.8 Å². The van der Waals surface area contributed by atoms with Crippen LogP contribution in [0.1, 0.15) is 33.6 Å². The summed E-state index contributed by atoms with van der Waals surface area (Å²) in [6.45, 7) is 6.52. The number of amides is 1. The monoisotopic (exact) mass is 216 g/mol. The highest BCUT2D eigenvalue weighted by Crippen LogP contribution is 2.06. The second kappa shape index (κ2) is 7.65. The van der Waals surface area contributed by atoms with E-state index in [2.05, 4.69) is 12.2 Å². The normalized spacial score (nSPS) is 16.9. The van der Waals surface area contributed by atoms with E-state index in [0.717, 1.165) is 12.8 Å². The summed E-state index contributed by atoms with van der Waals surface area (Å²) in [6, 6.07) is -0.122. The fourth-order valence-electron chi connectivity index (χ4n) is 1.28. The average Bonchev–Trinajstić information content (AvgIpc) is 2.22. The number of nitrogens with two attached hydrogens (primary N) is 1. The Labute approximate surface area is 92.2 Å². The summed E-state index contributed by atoms with van der Waals surface area (Å²) in [7, 11) is 0. The largest absolute Gasteiger partial charge is 0.396 e. The fourth-order valence-corrected chi connectivity index (χ4v) is 1.28. The van der Waals surface area contributed by atoms with Crippen molar-refractivity contribution in [2.45, 2.75) is 39.7 Å². The lowest BCUT2D eigenvalue weighted by atomic mass is 10.0. The van der Waals surface area contributed by atoms with Crippen LogP contribution in [0.25, 0.3) is 0 Å². The van der Waals surface area contributed by atoms with Gasteiger partial charge in [0.2, 0.25) is 5.91 Å². The van der Waals surface area contributed by atoms with Crippen LogP contribution in [-0.2, 0) is 4.79 Å². The standard InChI is InChI=1S/C11H24N2O2/c1-4-10(5-6-14)7-13-11(15)8(2)9(3)12/h8-10,14H,4-7,12H2,1-3H3,(H,13,15). The third kappa shape index (κ3) is 5.74. The molecule has 0 heterocycles. The van der Waals surface area contributed by atoms with Crippen molar-refractivity contribution in [2.75, 3.05) is 13.2 Å². The third-order valence-electron chi connectivity index (χ3n) is 2.88. The summed E-state index contributed by atoms with van der Waals surface area (Å²) < 4.78 is 0. The number of carbonyl (C=O) groups excluding carboxylic acids is 1. The molecule has 0 saturated carbocycles. The molecule has 1 amide bonds. The molecule has 0 aromatic heterocycles. The number of hydrogen-bond acceptors (Lipinski definition) is 3. The van der Waals surface area contributed by atoms with Crippen LogP contribution in [0.5, 0.6) is 0 Å². The first-order valence-corrected chi connectivity index (χ1v) is 5.67. The fraction of sp³-hybridized carbons (Fsp3) is 0.909. The molecule has 0 aliphatic carbocycles. The van der Waals surface area contributed by atoms with Gasteiger partial charge in [-0.3, -0.25) is 4.79 Å². The van der Waals surface area contributed by atoms with Crippen LogP contribution >= 0.6 is 0 Å². The van der Waals surface area contributed by atoms with Gasteiger partial charge in [-0.1, -0.05) is 20.3 Å². The van der Waals surface area contributed by atoms with E-state index >= 15 is 0 Å². The highest BCUT2D eigenvalue weighted by Gasteiger charge is 2.17. The van der Waals surface area contributed by atoms with Gasteiger partial charge in [0.1, 0.15) is 0 Å². The summed E-state index contributed by atoms with van der Waals surface area (Å²) in [5, 5.41) is 11.7. The zero-order chi connectivity index (χ0) is 11.8. The first kappa shape index (κ1) is 14.4. The smallest absolute Gasteiger partial charge is 0.224 e. The topological polar surface area (TPSA) is 75.3 Å². The van der Waals surface area contributed by atoms with Crippen molar-refractivity contribution in [2.24, 2.45) is 17.6 Å². The molecule has 4 N–H and O–H groups in total. The van der Waals surface area contributed by atoms with E-state index in [9.17, 15) is 4.79 Å². The second-order valence-corrected chi connectivity index (χ2v) is 4.18. The number of nitrogens with one attached hydrogen (secondary N) is 1. The van der Waals surface area contributed by atoms with E-state index < -0.39 is 0 Å². The van der Waals surface area contributed by atoms with E-state index in [0.29, 0.717) is 12.5 Å². The molecule has 0 aromatic carbocycles. The maximum atomic E-state index is 11.6. The minimum atomic E-state index is -0.156. The molecule has 0 aromatic rings. The van der Waals surface area contributed by atoms with Crippen LogP contribution in [0.15, 0.2) is 0 Å². The van der Waals surface area contributed by atoms with Crippen LogP contribution in [0.2, 0.25) is 0 Å². The van der Waals surface area contributed by atoms with E-state index in [1.165, 1.54) is 0 Å². The summed E-state index contributed by atoms with van der Waals surface area (Å²) in [5.41, 5.74) is 5.63. The quantitative estimate of drug-likeness (QED) is 0.580. The van der Waals surface area contributed by atoms with E-state index in [1.54, 1.807) is 0 Å². The van der Waals surface area contributed by atoms with Crippen molar-refractivity contribution in [3.63, 3.8) is 0 Å². The van der Waals surface area contributed by atoms with Gasteiger partial charge >= 0.3 is 0 Å². The molecule has 90 valence electrons. The van der Waals surface area contributed by atoms with Gasteiger partial charge < -0.3 is 16.2 Å². The lowest BCUT2D eigenvalue weighted by molar-refractivity contribution is -0.125. The lowest BCUT2D eigenvalue weighted by Gasteiger charge is -2.18. The Kier molecular flexibility index (Phi) is 7.34. The third-order valence-corrected chi connectivity index (χ3v) is 2.88. The van der Waals surface area contributed by atoms with Gasteiger partial charge in [-0.25, -0.2) is 0 Å². The Bertz CT molecular complexity index is 183. The Hall–Kier alpha value is -0.610. The minimum absolute atomic E-state index is 0.00129. The molecule has 0 radical (unpaired) electrons. The molecule has 4 heteroatoms. The number of hydrogen-bond donors (Lipinski definition) is 3. The van der Waals surface area contributed by atoms with Gasteiger partial charge in [-0.2, -0.15) is 0 Å². The SMILES string of the molecule is CCC(CCO)CNC(=O)C(C)C(C)N. The molecule has 0 bridgehead atoms. The van der Waals surface area contributed by atoms with Gasteiger partial charge in [-0.15, -0.1) is 0 Å².